The van der Waals surface area contributed by atoms with Crippen LogP contribution in [0.5, 0.6) is 0 Å². The third-order valence-electron chi connectivity index (χ3n) is 3.65. The normalized spacial score (nSPS) is 24.8. The summed E-state index contributed by atoms with van der Waals surface area (Å²) in [5.74, 6) is 1.04. The first kappa shape index (κ1) is 14.2. The predicted octanol–water partition coefficient (Wildman–Crippen LogP) is 4.48. The van der Waals surface area contributed by atoms with E-state index in [2.05, 4.69) is 17.2 Å². The third kappa shape index (κ3) is 4.11. The van der Waals surface area contributed by atoms with Crippen molar-refractivity contribution in [1.29, 1.82) is 0 Å². The van der Waals surface area contributed by atoms with Gasteiger partial charge in [0, 0.05) is 6.04 Å². The summed E-state index contributed by atoms with van der Waals surface area (Å²) in [6.07, 6.45) is 1.07. The average Bonchev–Trinajstić information content (AvgIpc) is 2.54. The Morgan fingerprint density at radius 3 is 2.68 bits per heavy atom. The van der Waals surface area contributed by atoms with Crippen molar-refractivity contribution in [2.75, 3.05) is 5.32 Å². The van der Waals surface area contributed by atoms with Crippen LogP contribution in [0.15, 0.2) is 18.2 Å². The van der Waals surface area contributed by atoms with E-state index in [9.17, 15) is 13.2 Å². The molecule has 2 nitrogen and oxygen atoms in total. The molecule has 1 aliphatic rings. The van der Waals surface area contributed by atoms with Crippen LogP contribution >= 0.6 is 0 Å². The molecule has 1 aromatic rings. The number of aromatic nitrogens is 1. The zero-order valence-corrected chi connectivity index (χ0v) is 11.0. The lowest BCUT2D eigenvalue weighted by Crippen LogP contribution is -2.20. The molecule has 2 atom stereocenters. The van der Waals surface area contributed by atoms with Crippen LogP contribution in [0.4, 0.5) is 19.0 Å². The van der Waals surface area contributed by atoms with Gasteiger partial charge in [0.2, 0.25) is 0 Å². The topological polar surface area (TPSA) is 24.9 Å². The van der Waals surface area contributed by atoms with Crippen molar-refractivity contribution in [2.24, 2.45) is 5.92 Å². The van der Waals surface area contributed by atoms with E-state index in [1.165, 1.54) is 12.5 Å². The maximum Gasteiger partial charge on any atom is 0.433 e. The fourth-order valence-corrected chi connectivity index (χ4v) is 2.51. The Morgan fingerprint density at radius 2 is 1.95 bits per heavy atom. The van der Waals surface area contributed by atoms with E-state index >= 15 is 0 Å². The zero-order valence-electron chi connectivity index (χ0n) is 11.0. The highest BCUT2D eigenvalue weighted by Gasteiger charge is 2.32. The van der Waals surface area contributed by atoms with E-state index in [1.807, 2.05) is 0 Å². The average molecular weight is 272 g/mol. The molecule has 0 saturated heterocycles. The first-order valence-electron chi connectivity index (χ1n) is 6.76. The maximum atomic E-state index is 12.6. The summed E-state index contributed by atoms with van der Waals surface area (Å²) >= 11 is 0. The highest BCUT2D eigenvalue weighted by molar-refractivity contribution is 5.37. The number of halogens is 3. The van der Waals surface area contributed by atoms with Gasteiger partial charge >= 0.3 is 6.18 Å². The molecule has 0 spiro atoms. The molecule has 2 rings (SSSR count). The fourth-order valence-electron chi connectivity index (χ4n) is 2.51. The van der Waals surface area contributed by atoms with Crippen LogP contribution in [0.3, 0.4) is 0 Å². The van der Waals surface area contributed by atoms with Gasteiger partial charge in [-0.05, 0) is 37.3 Å². The molecule has 1 saturated carbocycles. The molecule has 0 aromatic carbocycles. The fraction of sp³-hybridized carbons (Fsp3) is 0.643. The lowest BCUT2D eigenvalue weighted by molar-refractivity contribution is -0.141. The smallest absolute Gasteiger partial charge is 0.367 e. The first-order chi connectivity index (χ1) is 8.95. The van der Waals surface area contributed by atoms with Crippen molar-refractivity contribution in [3.05, 3.63) is 23.9 Å². The second kappa shape index (κ2) is 5.80. The molecule has 0 aliphatic heterocycles. The van der Waals surface area contributed by atoms with Crippen molar-refractivity contribution < 1.29 is 13.2 Å². The van der Waals surface area contributed by atoms with Gasteiger partial charge in [0.25, 0.3) is 0 Å². The molecule has 1 N–H and O–H groups in total. The second-order valence-corrected chi connectivity index (χ2v) is 5.36. The van der Waals surface area contributed by atoms with Crippen molar-refractivity contribution in [1.82, 2.24) is 4.98 Å². The van der Waals surface area contributed by atoms with Crippen LogP contribution in [0, 0.1) is 5.92 Å². The lowest BCUT2D eigenvalue weighted by Gasteiger charge is -2.18. The lowest BCUT2D eigenvalue weighted by atomic mass is 10.0. The van der Waals surface area contributed by atoms with Crippen LogP contribution in [0.2, 0.25) is 0 Å². The van der Waals surface area contributed by atoms with Gasteiger partial charge in [-0.25, -0.2) is 4.98 Å². The molecule has 2 unspecified atom stereocenters. The monoisotopic (exact) mass is 272 g/mol. The summed E-state index contributed by atoms with van der Waals surface area (Å²) in [5.41, 5.74) is -0.834. The zero-order chi connectivity index (χ0) is 13.9. The Bertz CT molecular complexity index is 417. The summed E-state index contributed by atoms with van der Waals surface area (Å²) in [4.78, 5) is 3.65. The van der Waals surface area contributed by atoms with E-state index in [1.54, 1.807) is 6.07 Å². The third-order valence-corrected chi connectivity index (χ3v) is 3.65. The molecule has 1 aliphatic carbocycles. The minimum Gasteiger partial charge on any atom is -0.367 e. The summed E-state index contributed by atoms with van der Waals surface area (Å²) in [6, 6.07) is 4.24. The number of hydrogen-bond acceptors (Lipinski definition) is 2. The van der Waals surface area contributed by atoms with Gasteiger partial charge in [-0.2, -0.15) is 13.2 Å². The van der Waals surface area contributed by atoms with Crippen molar-refractivity contribution in [3.8, 4) is 0 Å². The predicted molar refractivity (Wildman–Crippen MR) is 68.9 cm³/mol. The molecule has 1 aromatic heterocycles. The Hall–Kier alpha value is -1.26. The number of anilines is 1. The van der Waals surface area contributed by atoms with E-state index in [0.717, 1.165) is 31.7 Å². The van der Waals surface area contributed by atoms with Crippen LogP contribution in [0.1, 0.15) is 44.7 Å². The number of nitrogens with zero attached hydrogens (tertiary/aromatic N) is 1. The molecule has 5 heteroatoms. The number of alkyl halides is 3. The van der Waals surface area contributed by atoms with E-state index < -0.39 is 11.9 Å². The largest absolute Gasteiger partial charge is 0.433 e. The van der Waals surface area contributed by atoms with Gasteiger partial charge < -0.3 is 5.32 Å². The molecule has 1 heterocycles. The minimum atomic E-state index is -4.38. The van der Waals surface area contributed by atoms with Gasteiger partial charge in [-0.3, -0.25) is 0 Å². The number of nitrogens with one attached hydrogen (secondary N) is 1. The summed E-state index contributed by atoms with van der Waals surface area (Å²) in [7, 11) is 0. The Kier molecular flexibility index (Phi) is 4.32. The van der Waals surface area contributed by atoms with Gasteiger partial charge in [0.1, 0.15) is 11.5 Å². The number of pyridine rings is 1. The quantitative estimate of drug-likeness (QED) is 0.803. The molecule has 0 radical (unpaired) electrons. The molecular formula is C14H19F3N2. The number of hydrogen-bond donors (Lipinski definition) is 1. The van der Waals surface area contributed by atoms with Gasteiger partial charge in [0.15, 0.2) is 0 Å². The molecule has 106 valence electrons. The van der Waals surface area contributed by atoms with Gasteiger partial charge in [0.05, 0.1) is 0 Å². The maximum absolute atomic E-state index is 12.6. The van der Waals surface area contributed by atoms with Crippen LogP contribution < -0.4 is 5.32 Å². The van der Waals surface area contributed by atoms with Crippen LogP contribution in [-0.2, 0) is 6.18 Å². The van der Waals surface area contributed by atoms with Crippen molar-refractivity contribution >= 4 is 5.82 Å². The Labute approximate surface area is 111 Å². The molecule has 1 fully saturated rings. The van der Waals surface area contributed by atoms with Crippen molar-refractivity contribution in [2.45, 2.75) is 51.2 Å². The molecular weight excluding hydrogens is 253 g/mol. The molecule has 0 bridgehead atoms. The standard InChI is InChI=1S/C14H19F3N2/c1-10-4-2-5-11(9-8-10)18-13-7-3-6-12(19-13)14(15,16)17/h3,6-7,10-11H,2,4-5,8-9H2,1H3,(H,18,19). The first-order valence-corrected chi connectivity index (χ1v) is 6.76. The SMILES string of the molecule is CC1CCCC(Nc2cccc(C(F)(F)F)n2)CC1. The highest BCUT2D eigenvalue weighted by Crippen LogP contribution is 2.29. The summed E-state index contributed by atoms with van der Waals surface area (Å²) in [5, 5.41) is 3.14. The van der Waals surface area contributed by atoms with Gasteiger partial charge in [-0.15, -0.1) is 0 Å². The Balaban J connectivity index is 2.02. The number of rotatable bonds is 2. The van der Waals surface area contributed by atoms with E-state index in [0.29, 0.717) is 11.7 Å². The van der Waals surface area contributed by atoms with Crippen LogP contribution in [-0.4, -0.2) is 11.0 Å². The van der Waals surface area contributed by atoms with Gasteiger partial charge in [-0.1, -0.05) is 25.8 Å². The summed E-state index contributed by atoms with van der Waals surface area (Å²) < 4.78 is 37.7. The van der Waals surface area contributed by atoms with E-state index in [4.69, 9.17) is 0 Å². The van der Waals surface area contributed by atoms with Crippen LogP contribution in [0.25, 0.3) is 0 Å². The van der Waals surface area contributed by atoms with Crippen molar-refractivity contribution in [3.63, 3.8) is 0 Å². The minimum absolute atomic E-state index is 0.237. The highest BCUT2D eigenvalue weighted by atomic mass is 19.4. The van der Waals surface area contributed by atoms with E-state index in [-0.39, 0.29) is 6.04 Å². The Morgan fingerprint density at radius 1 is 1.16 bits per heavy atom. The molecule has 0 amide bonds. The second-order valence-electron chi connectivity index (χ2n) is 5.36. The summed E-state index contributed by atoms with van der Waals surface area (Å²) in [6.45, 7) is 2.23. The molecule has 19 heavy (non-hydrogen) atoms.